The minimum atomic E-state index is 0.224. The van der Waals surface area contributed by atoms with Crippen LogP contribution in [-0.4, -0.2) is 34.4 Å². The van der Waals surface area contributed by atoms with Gasteiger partial charge in [0, 0.05) is 30.0 Å². The number of aromatic nitrogens is 1. The molecule has 1 aromatic heterocycles. The molecule has 3 nitrogen and oxygen atoms in total. The first kappa shape index (κ1) is 14.0. The van der Waals surface area contributed by atoms with Gasteiger partial charge in [0.05, 0.1) is 6.54 Å². The summed E-state index contributed by atoms with van der Waals surface area (Å²) in [7, 11) is 2.00. The van der Waals surface area contributed by atoms with E-state index < -0.39 is 0 Å². The lowest BCUT2D eigenvalue weighted by atomic mass is 10.1. The minimum absolute atomic E-state index is 0.224. The highest BCUT2D eigenvalue weighted by molar-refractivity contribution is 5.99. The van der Waals surface area contributed by atoms with Crippen molar-refractivity contribution in [3.05, 3.63) is 23.0 Å². The first-order valence-corrected chi connectivity index (χ1v) is 6.28. The van der Waals surface area contributed by atoms with Crippen molar-refractivity contribution in [3.8, 4) is 0 Å². The molecule has 0 N–H and O–H groups in total. The summed E-state index contributed by atoms with van der Waals surface area (Å²) in [6, 6.07) is 2.40. The summed E-state index contributed by atoms with van der Waals surface area (Å²) in [4.78, 5) is 14.4. The normalized spacial score (nSPS) is 11.5. The molecule has 3 heteroatoms. The summed E-state index contributed by atoms with van der Waals surface area (Å²) >= 11 is 0. The number of Topliss-reactive ketones (excluding diaryl/α,β-unsaturated/α-hetero) is 1. The van der Waals surface area contributed by atoms with Crippen molar-refractivity contribution in [1.82, 2.24) is 9.47 Å². The number of carbonyl (C=O) groups excluding carboxylic acids is 1. The van der Waals surface area contributed by atoms with Crippen molar-refractivity contribution in [2.75, 3.05) is 13.1 Å². The zero-order valence-electron chi connectivity index (χ0n) is 11.9. The van der Waals surface area contributed by atoms with Gasteiger partial charge in [-0.05, 0) is 40.3 Å². The number of nitrogens with zero attached hydrogens (tertiary/aromatic N) is 2. The van der Waals surface area contributed by atoms with E-state index in [1.54, 1.807) is 0 Å². The molecule has 17 heavy (non-hydrogen) atoms. The number of carbonyl (C=O) groups is 1. The number of rotatable bonds is 5. The number of hydrogen-bond acceptors (Lipinski definition) is 2. The summed E-state index contributed by atoms with van der Waals surface area (Å²) in [5, 5.41) is 0. The van der Waals surface area contributed by atoms with E-state index in [9.17, 15) is 4.79 Å². The van der Waals surface area contributed by atoms with Crippen LogP contribution < -0.4 is 0 Å². The molecule has 1 heterocycles. The van der Waals surface area contributed by atoms with Crippen LogP contribution in [0.25, 0.3) is 0 Å². The third-order valence-corrected chi connectivity index (χ3v) is 3.56. The van der Waals surface area contributed by atoms with Crippen molar-refractivity contribution in [3.63, 3.8) is 0 Å². The molecule has 0 aliphatic carbocycles. The Morgan fingerprint density at radius 3 is 2.35 bits per heavy atom. The van der Waals surface area contributed by atoms with Gasteiger partial charge in [0.15, 0.2) is 5.78 Å². The highest BCUT2D eigenvalue weighted by Gasteiger charge is 2.17. The predicted octanol–water partition coefficient (Wildman–Crippen LogP) is 2.55. The lowest BCUT2D eigenvalue weighted by molar-refractivity contribution is 0.0910. The maximum atomic E-state index is 12.2. The Morgan fingerprint density at radius 2 is 2.00 bits per heavy atom. The van der Waals surface area contributed by atoms with E-state index >= 15 is 0 Å². The van der Waals surface area contributed by atoms with Gasteiger partial charge >= 0.3 is 0 Å². The van der Waals surface area contributed by atoms with E-state index in [4.69, 9.17) is 0 Å². The monoisotopic (exact) mass is 236 g/mol. The Morgan fingerprint density at radius 1 is 1.41 bits per heavy atom. The molecule has 1 aromatic rings. The molecule has 0 unspecified atom stereocenters. The average Bonchev–Trinajstić information content (AvgIpc) is 2.53. The van der Waals surface area contributed by atoms with E-state index in [0.717, 1.165) is 23.5 Å². The Hall–Kier alpha value is -1.09. The molecule has 0 amide bonds. The van der Waals surface area contributed by atoms with E-state index in [1.807, 2.05) is 27.0 Å². The lowest BCUT2D eigenvalue weighted by Crippen LogP contribution is -2.35. The summed E-state index contributed by atoms with van der Waals surface area (Å²) in [6.07, 6.45) is 0. The number of aryl methyl sites for hydroxylation is 1. The van der Waals surface area contributed by atoms with E-state index in [-0.39, 0.29) is 5.78 Å². The molecule has 0 aromatic carbocycles. The molecule has 1 rings (SSSR count). The number of hydrogen-bond donors (Lipinski definition) is 0. The summed E-state index contributed by atoms with van der Waals surface area (Å²) in [5.41, 5.74) is 3.06. The van der Waals surface area contributed by atoms with E-state index in [0.29, 0.717) is 12.6 Å². The number of likely N-dealkylation sites (N-methyl/N-ethyl adjacent to an activating group) is 1. The van der Waals surface area contributed by atoms with Gasteiger partial charge in [0.2, 0.25) is 0 Å². The van der Waals surface area contributed by atoms with Gasteiger partial charge in [-0.1, -0.05) is 6.92 Å². The molecule has 0 aliphatic heterocycles. The summed E-state index contributed by atoms with van der Waals surface area (Å²) < 4.78 is 2.07. The third kappa shape index (κ3) is 2.97. The van der Waals surface area contributed by atoms with Crippen LogP contribution in [0.5, 0.6) is 0 Å². The van der Waals surface area contributed by atoms with Gasteiger partial charge in [-0.25, -0.2) is 0 Å². The van der Waals surface area contributed by atoms with Crippen LogP contribution in [0, 0.1) is 13.8 Å². The van der Waals surface area contributed by atoms with Gasteiger partial charge in [-0.3, -0.25) is 9.69 Å². The van der Waals surface area contributed by atoms with Crippen LogP contribution in [0.4, 0.5) is 0 Å². The SMILES string of the molecule is CCN(CC(=O)c1cc(C)n(C)c1C)C(C)C. The van der Waals surface area contributed by atoms with Gasteiger partial charge in [0.25, 0.3) is 0 Å². The molecule has 0 atom stereocenters. The molecule has 96 valence electrons. The molecule has 0 aliphatic rings. The average molecular weight is 236 g/mol. The Labute approximate surface area is 104 Å². The Bertz CT molecular complexity index is 405. The zero-order chi connectivity index (χ0) is 13.2. The van der Waals surface area contributed by atoms with Crippen LogP contribution in [0.15, 0.2) is 6.07 Å². The van der Waals surface area contributed by atoms with Gasteiger partial charge in [-0.15, -0.1) is 0 Å². The topological polar surface area (TPSA) is 25.2 Å². The molecule has 0 saturated carbocycles. The number of ketones is 1. The zero-order valence-corrected chi connectivity index (χ0v) is 11.9. The van der Waals surface area contributed by atoms with Crippen molar-refractivity contribution < 1.29 is 4.79 Å². The quantitative estimate of drug-likeness (QED) is 0.734. The third-order valence-electron chi connectivity index (χ3n) is 3.56. The first-order valence-electron chi connectivity index (χ1n) is 6.28. The fourth-order valence-corrected chi connectivity index (χ4v) is 2.07. The van der Waals surface area contributed by atoms with Gasteiger partial charge in [-0.2, -0.15) is 0 Å². The van der Waals surface area contributed by atoms with Crippen molar-refractivity contribution >= 4 is 5.78 Å². The molecular formula is C14H24N2O. The van der Waals surface area contributed by atoms with Gasteiger partial charge < -0.3 is 4.57 Å². The minimum Gasteiger partial charge on any atom is -0.351 e. The second kappa shape index (κ2) is 5.50. The standard InChI is InChI=1S/C14H24N2O/c1-7-16(10(2)3)9-14(17)13-8-11(4)15(6)12(13)5/h8,10H,7,9H2,1-6H3. The van der Waals surface area contributed by atoms with Crippen molar-refractivity contribution in [2.24, 2.45) is 7.05 Å². The highest BCUT2D eigenvalue weighted by atomic mass is 16.1. The Kier molecular flexibility index (Phi) is 4.52. The first-order chi connectivity index (χ1) is 7.88. The summed E-state index contributed by atoms with van der Waals surface area (Å²) in [6.45, 7) is 11.8. The van der Waals surface area contributed by atoms with Crippen LogP contribution in [0.3, 0.4) is 0 Å². The second-order valence-corrected chi connectivity index (χ2v) is 4.92. The lowest BCUT2D eigenvalue weighted by Gasteiger charge is -2.23. The second-order valence-electron chi connectivity index (χ2n) is 4.92. The molecular weight excluding hydrogens is 212 g/mol. The van der Waals surface area contributed by atoms with Crippen LogP contribution in [0.2, 0.25) is 0 Å². The molecule has 0 saturated heterocycles. The highest BCUT2D eigenvalue weighted by Crippen LogP contribution is 2.14. The van der Waals surface area contributed by atoms with Crippen LogP contribution in [-0.2, 0) is 7.05 Å². The van der Waals surface area contributed by atoms with Crippen LogP contribution in [0.1, 0.15) is 42.5 Å². The maximum absolute atomic E-state index is 12.2. The fraction of sp³-hybridized carbons (Fsp3) is 0.643. The van der Waals surface area contributed by atoms with Gasteiger partial charge in [0.1, 0.15) is 0 Å². The summed E-state index contributed by atoms with van der Waals surface area (Å²) in [5.74, 6) is 0.224. The van der Waals surface area contributed by atoms with Crippen LogP contribution >= 0.6 is 0 Å². The van der Waals surface area contributed by atoms with Crippen molar-refractivity contribution in [1.29, 1.82) is 0 Å². The smallest absolute Gasteiger partial charge is 0.178 e. The predicted molar refractivity (Wildman–Crippen MR) is 71.6 cm³/mol. The molecule has 0 fully saturated rings. The van der Waals surface area contributed by atoms with E-state index in [2.05, 4.69) is 30.2 Å². The van der Waals surface area contributed by atoms with Crippen molar-refractivity contribution in [2.45, 2.75) is 40.7 Å². The largest absolute Gasteiger partial charge is 0.351 e. The Balaban J connectivity index is 2.86. The molecule has 0 spiro atoms. The van der Waals surface area contributed by atoms with E-state index in [1.165, 1.54) is 0 Å². The molecule has 0 radical (unpaired) electrons. The fourth-order valence-electron chi connectivity index (χ4n) is 2.07. The maximum Gasteiger partial charge on any atom is 0.178 e. The molecule has 0 bridgehead atoms.